The molecule has 0 bridgehead atoms. The van der Waals surface area contributed by atoms with Crippen molar-refractivity contribution < 1.29 is 44.5 Å². The smallest absolute Gasteiger partial charge is 0.335 e. The number of benzene rings is 1. The Morgan fingerprint density at radius 2 is 1.92 bits per heavy atom. The van der Waals surface area contributed by atoms with Crippen LogP contribution in [0.4, 0.5) is 0 Å². The lowest BCUT2D eigenvalue weighted by Gasteiger charge is -2.43. The molecule has 0 spiro atoms. The summed E-state index contributed by atoms with van der Waals surface area (Å²) < 4.78 is 18.8. The van der Waals surface area contributed by atoms with E-state index in [1.807, 2.05) is 48.1 Å². The van der Waals surface area contributed by atoms with Crippen molar-refractivity contribution >= 4 is 16.9 Å². The number of aromatic nitrogens is 2. The van der Waals surface area contributed by atoms with E-state index in [0.29, 0.717) is 0 Å². The molecule has 11 heteroatoms. The summed E-state index contributed by atoms with van der Waals surface area (Å²) in [6.07, 6.45) is -3.80. The number of nitrogens with zero attached hydrogens (tertiary/aromatic N) is 2. The monoisotopic (exact) mass is 526 g/mol. The predicted molar refractivity (Wildman–Crippen MR) is 134 cm³/mol. The Balaban J connectivity index is 1.48. The van der Waals surface area contributed by atoms with E-state index in [0.717, 1.165) is 34.1 Å². The first-order valence-corrected chi connectivity index (χ1v) is 12.2. The second-order valence-electron chi connectivity index (χ2n) is 9.60. The lowest BCUT2D eigenvalue weighted by molar-refractivity contribution is -0.339. The fourth-order valence-corrected chi connectivity index (χ4v) is 5.27. The summed E-state index contributed by atoms with van der Waals surface area (Å²) in [6.45, 7) is 3.26. The number of fused-ring (bicyclic) bond motifs is 3. The van der Waals surface area contributed by atoms with Crippen LogP contribution in [0.25, 0.3) is 22.2 Å². The number of aliphatic hydroxyl groups excluding tert-OH is 4. The molecule has 8 unspecified atom stereocenters. The SMILES string of the molecule is C=CC1C(OC2OC(CO)C(O)C(O)C2O)OC=C(C(=O)O)C1Cc1c2nc3ccccc3c-2ccn1C. The first kappa shape index (κ1) is 26.3. The zero-order chi connectivity index (χ0) is 27.1. The molecule has 202 valence electrons. The Kier molecular flexibility index (Phi) is 7.23. The molecular formula is C27H30N2O9. The molecule has 0 saturated carbocycles. The Bertz CT molecular complexity index is 1340. The van der Waals surface area contributed by atoms with E-state index in [1.165, 1.54) is 6.08 Å². The fourth-order valence-electron chi connectivity index (χ4n) is 5.27. The first-order valence-electron chi connectivity index (χ1n) is 12.2. The average molecular weight is 527 g/mol. The molecule has 5 N–H and O–H groups in total. The summed E-state index contributed by atoms with van der Waals surface area (Å²) >= 11 is 0. The van der Waals surface area contributed by atoms with Crippen LogP contribution in [0.15, 0.2) is 61.0 Å². The van der Waals surface area contributed by atoms with E-state index in [4.69, 9.17) is 19.2 Å². The van der Waals surface area contributed by atoms with E-state index in [9.17, 15) is 30.3 Å². The van der Waals surface area contributed by atoms with Gasteiger partial charge in [-0.25, -0.2) is 9.78 Å². The molecule has 1 aromatic carbocycles. The lowest BCUT2D eigenvalue weighted by atomic mass is 9.80. The highest BCUT2D eigenvalue weighted by atomic mass is 16.8. The van der Waals surface area contributed by atoms with Gasteiger partial charge in [-0.15, -0.1) is 6.58 Å². The van der Waals surface area contributed by atoms with Gasteiger partial charge in [0.1, 0.15) is 24.4 Å². The number of hydrogen-bond acceptors (Lipinski definition) is 9. The van der Waals surface area contributed by atoms with Crippen molar-refractivity contribution in [2.75, 3.05) is 6.61 Å². The highest BCUT2D eigenvalue weighted by Crippen LogP contribution is 2.40. The third-order valence-corrected chi connectivity index (χ3v) is 7.40. The van der Waals surface area contributed by atoms with Crippen LogP contribution in [0, 0.1) is 11.8 Å². The first-order chi connectivity index (χ1) is 18.2. The Morgan fingerprint density at radius 3 is 2.63 bits per heavy atom. The van der Waals surface area contributed by atoms with E-state index < -0.39 is 61.4 Å². The van der Waals surface area contributed by atoms with Gasteiger partial charge in [0.2, 0.25) is 6.29 Å². The molecule has 4 aliphatic rings. The molecule has 4 aliphatic heterocycles. The van der Waals surface area contributed by atoms with Gasteiger partial charge < -0.3 is 44.3 Å². The minimum atomic E-state index is -1.64. The number of rotatable bonds is 7. The van der Waals surface area contributed by atoms with Gasteiger partial charge in [-0.1, -0.05) is 24.3 Å². The number of aliphatic carboxylic acids is 1. The Labute approximate surface area is 218 Å². The lowest BCUT2D eigenvalue weighted by Crippen LogP contribution is -2.60. The molecule has 0 aliphatic carbocycles. The predicted octanol–water partition coefficient (Wildman–Crippen LogP) is 0.780. The van der Waals surface area contributed by atoms with Crippen LogP contribution in [-0.2, 0) is 32.5 Å². The maximum atomic E-state index is 12.2. The molecule has 38 heavy (non-hydrogen) atoms. The fraction of sp³-hybridized carbons (Fsp3) is 0.407. The minimum absolute atomic E-state index is 0.0108. The van der Waals surface area contributed by atoms with Gasteiger partial charge in [-0.05, 0) is 18.6 Å². The molecule has 0 amide bonds. The van der Waals surface area contributed by atoms with Crippen molar-refractivity contribution in [1.82, 2.24) is 9.55 Å². The number of carboxylic acid groups (broad SMARTS) is 1. The van der Waals surface area contributed by atoms with E-state index >= 15 is 0 Å². The van der Waals surface area contributed by atoms with Gasteiger partial charge in [0.15, 0.2) is 6.29 Å². The van der Waals surface area contributed by atoms with Gasteiger partial charge in [0.25, 0.3) is 0 Å². The minimum Gasteiger partial charge on any atom is -0.478 e. The van der Waals surface area contributed by atoms with Crippen molar-refractivity contribution in [2.24, 2.45) is 18.9 Å². The Morgan fingerprint density at radius 1 is 1.16 bits per heavy atom. The topological polar surface area (TPSA) is 164 Å². The van der Waals surface area contributed by atoms with Crippen LogP contribution >= 0.6 is 0 Å². The summed E-state index contributed by atoms with van der Waals surface area (Å²) in [4.78, 5) is 17.0. The van der Waals surface area contributed by atoms with Crippen molar-refractivity contribution in [3.8, 4) is 11.3 Å². The molecule has 11 nitrogen and oxygen atoms in total. The molecule has 8 atom stereocenters. The molecule has 0 aromatic heterocycles. The number of ether oxygens (including phenoxy) is 3. The van der Waals surface area contributed by atoms with Gasteiger partial charge in [-0.3, -0.25) is 0 Å². The molecule has 1 saturated heterocycles. The molecule has 0 radical (unpaired) electrons. The molecule has 1 fully saturated rings. The van der Waals surface area contributed by atoms with Gasteiger partial charge in [0.05, 0.1) is 29.7 Å². The molecule has 4 heterocycles. The largest absolute Gasteiger partial charge is 0.478 e. The van der Waals surface area contributed by atoms with Crippen molar-refractivity contribution in [2.45, 2.75) is 43.4 Å². The van der Waals surface area contributed by atoms with Crippen LogP contribution in [-0.4, -0.2) is 84.7 Å². The van der Waals surface area contributed by atoms with Crippen molar-refractivity contribution in [1.29, 1.82) is 0 Å². The second-order valence-corrected chi connectivity index (χ2v) is 9.60. The van der Waals surface area contributed by atoms with Crippen LogP contribution in [0.3, 0.4) is 0 Å². The number of para-hydroxylation sites is 1. The third kappa shape index (κ3) is 4.47. The number of hydrogen-bond donors (Lipinski definition) is 5. The summed E-state index contributed by atoms with van der Waals surface area (Å²) in [7, 11) is 1.86. The number of carboxylic acids is 1. The summed E-state index contributed by atoms with van der Waals surface area (Å²) in [5.74, 6) is -2.54. The quantitative estimate of drug-likeness (QED) is 0.278. The number of aliphatic hydroxyl groups is 4. The number of aryl methyl sites for hydroxylation is 1. The summed E-state index contributed by atoms with van der Waals surface area (Å²) in [6, 6.07) is 9.73. The summed E-state index contributed by atoms with van der Waals surface area (Å²) in [5.41, 5.74) is 3.35. The van der Waals surface area contributed by atoms with Crippen molar-refractivity contribution in [3.63, 3.8) is 0 Å². The molecule has 1 aromatic rings. The highest BCUT2D eigenvalue weighted by Gasteiger charge is 2.47. The van der Waals surface area contributed by atoms with Crippen LogP contribution in [0.5, 0.6) is 0 Å². The van der Waals surface area contributed by atoms with Crippen molar-refractivity contribution in [3.05, 3.63) is 66.7 Å². The average Bonchev–Trinajstić information content (AvgIpc) is 3.29. The maximum absolute atomic E-state index is 12.2. The molecular weight excluding hydrogens is 496 g/mol. The number of carbonyl (C=O) groups is 1. The van der Waals surface area contributed by atoms with Gasteiger partial charge >= 0.3 is 5.97 Å². The van der Waals surface area contributed by atoms with Crippen LogP contribution in [0.2, 0.25) is 0 Å². The zero-order valence-corrected chi connectivity index (χ0v) is 20.6. The standard InChI is InChI=1S/C27H30N2O9/c1-3-13-16(10-19-21-15(8-9-29(19)2)14-6-4-5-7-18(14)28-21)17(25(34)35)12-36-26(13)38-27-24(33)23(32)22(31)20(11-30)37-27/h3-9,12-13,16,20,22-24,26-27,30-33H,1,10-11H2,2H3,(H,34,35). The highest BCUT2D eigenvalue weighted by molar-refractivity contribution is 5.98. The van der Waals surface area contributed by atoms with Gasteiger partial charge in [0, 0.05) is 41.7 Å². The molecule has 5 rings (SSSR count). The van der Waals surface area contributed by atoms with E-state index in [-0.39, 0.29) is 12.0 Å². The zero-order valence-electron chi connectivity index (χ0n) is 20.6. The number of pyridine rings is 1. The van der Waals surface area contributed by atoms with E-state index in [1.54, 1.807) is 0 Å². The second kappa shape index (κ2) is 10.4. The van der Waals surface area contributed by atoms with Crippen LogP contribution in [0.1, 0.15) is 5.69 Å². The normalized spacial score (nSPS) is 31.7. The van der Waals surface area contributed by atoms with Crippen LogP contribution < -0.4 is 0 Å². The Hall–Kier alpha value is -3.32. The van der Waals surface area contributed by atoms with E-state index in [2.05, 4.69) is 6.58 Å². The summed E-state index contributed by atoms with van der Waals surface area (Å²) in [5, 5.41) is 51.1. The maximum Gasteiger partial charge on any atom is 0.335 e. The van der Waals surface area contributed by atoms with Gasteiger partial charge in [-0.2, -0.15) is 0 Å². The third-order valence-electron chi connectivity index (χ3n) is 7.40.